The van der Waals surface area contributed by atoms with Gasteiger partial charge in [-0.15, -0.1) is 0 Å². The Kier molecular flexibility index (Phi) is 5.26. The summed E-state index contributed by atoms with van der Waals surface area (Å²) in [6, 6.07) is 3.53. The van der Waals surface area contributed by atoms with Crippen molar-refractivity contribution in [2.75, 3.05) is 13.7 Å². The number of hydrogen-bond acceptors (Lipinski definition) is 4. The molecule has 2 aromatic rings. The summed E-state index contributed by atoms with van der Waals surface area (Å²) in [4.78, 5) is 3.99. The van der Waals surface area contributed by atoms with Crippen LogP contribution >= 0.6 is 11.6 Å². The summed E-state index contributed by atoms with van der Waals surface area (Å²) >= 11 is 6.01. The van der Waals surface area contributed by atoms with E-state index in [1.165, 1.54) is 0 Å². The number of imidazole rings is 1. The van der Waals surface area contributed by atoms with Crippen LogP contribution in [0.2, 0.25) is 5.02 Å². The lowest BCUT2D eigenvalue weighted by molar-refractivity contribution is 0.280. The number of nitrogens with zero attached hydrogens (tertiary/aromatic N) is 2. The molecule has 0 unspecified atom stereocenters. The first-order valence-electron chi connectivity index (χ1n) is 6.39. The van der Waals surface area contributed by atoms with E-state index in [9.17, 15) is 0 Å². The molecule has 0 saturated carbocycles. The van der Waals surface area contributed by atoms with Crippen molar-refractivity contribution in [2.24, 2.45) is 5.73 Å². The molecule has 1 heterocycles. The van der Waals surface area contributed by atoms with Gasteiger partial charge in [-0.3, -0.25) is 0 Å². The first kappa shape index (κ1) is 14.7. The van der Waals surface area contributed by atoms with Crippen molar-refractivity contribution in [2.45, 2.75) is 19.5 Å². The highest BCUT2D eigenvalue weighted by atomic mass is 35.5. The Morgan fingerprint density at radius 3 is 2.90 bits per heavy atom. The Labute approximate surface area is 123 Å². The van der Waals surface area contributed by atoms with Crippen LogP contribution in [-0.4, -0.2) is 23.3 Å². The molecule has 0 amide bonds. The van der Waals surface area contributed by atoms with Crippen molar-refractivity contribution in [3.05, 3.63) is 41.4 Å². The maximum Gasteiger partial charge on any atom is 0.165 e. The van der Waals surface area contributed by atoms with Gasteiger partial charge in [0.15, 0.2) is 11.5 Å². The highest BCUT2D eigenvalue weighted by molar-refractivity contribution is 6.30. The molecule has 0 aliphatic rings. The number of benzene rings is 1. The third kappa shape index (κ3) is 3.65. The van der Waals surface area contributed by atoms with Gasteiger partial charge in [0.1, 0.15) is 0 Å². The van der Waals surface area contributed by atoms with Crippen LogP contribution in [0.3, 0.4) is 0 Å². The van der Waals surface area contributed by atoms with E-state index in [0.29, 0.717) is 29.7 Å². The van der Waals surface area contributed by atoms with E-state index >= 15 is 0 Å². The average molecular weight is 296 g/mol. The second-order valence-electron chi connectivity index (χ2n) is 4.30. The highest BCUT2D eigenvalue weighted by Crippen LogP contribution is 2.34. The third-order valence-corrected chi connectivity index (χ3v) is 3.12. The largest absolute Gasteiger partial charge is 0.493 e. The van der Waals surface area contributed by atoms with Gasteiger partial charge in [0, 0.05) is 42.1 Å². The van der Waals surface area contributed by atoms with Gasteiger partial charge in [-0.1, -0.05) is 11.6 Å². The Balaban J connectivity index is 1.97. The number of aromatic nitrogens is 2. The molecule has 0 fully saturated rings. The number of aryl methyl sites for hydroxylation is 1. The van der Waals surface area contributed by atoms with Gasteiger partial charge >= 0.3 is 0 Å². The van der Waals surface area contributed by atoms with Crippen LogP contribution in [-0.2, 0) is 13.1 Å². The second kappa shape index (κ2) is 7.17. The van der Waals surface area contributed by atoms with Crippen molar-refractivity contribution >= 4 is 11.6 Å². The number of ether oxygens (including phenoxy) is 2. The molecule has 5 nitrogen and oxygen atoms in total. The normalized spacial score (nSPS) is 10.6. The summed E-state index contributed by atoms with van der Waals surface area (Å²) in [5, 5.41) is 0.591. The number of halogens is 1. The summed E-state index contributed by atoms with van der Waals surface area (Å²) in [6.07, 6.45) is 6.34. The van der Waals surface area contributed by atoms with Gasteiger partial charge < -0.3 is 19.8 Å². The Hall–Kier alpha value is -1.72. The molecule has 2 rings (SSSR count). The summed E-state index contributed by atoms with van der Waals surface area (Å²) < 4.78 is 13.1. The zero-order chi connectivity index (χ0) is 14.4. The number of rotatable bonds is 7. The summed E-state index contributed by atoms with van der Waals surface area (Å²) in [5.74, 6) is 1.28. The van der Waals surface area contributed by atoms with E-state index < -0.39 is 0 Å². The van der Waals surface area contributed by atoms with E-state index in [4.69, 9.17) is 26.8 Å². The van der Waals surface area contributed by atoms with E-state index in [-0.39, 0.29) is 0 Å². The molecule has 0 aliphatic carbocycles. The minimum Gasteiger partial charge on any atom is -0.493 e. The lowest BCUT2D eigenvalue weighted by atomic mass is 10.2. The fourth-order valence-electron chi connectivity index (χ4n) is 1.93. The summed E-state index contributed by atoms with van der Waals surface area (Å²) in [6.45, 7) is 1.78. The van der Waals surface area contributed by atoms with Crippen molar-refractivity contribution < 1.29 is 9.47 Å². The highest BCUT2D eigenvalue weighted by Gasteiger charge is 2.11. The average Bonchev–Trinajstić information content (AvgIpc) is 2.97. The zero-order valence-corrected chi connectivity index (χ0v) is 12.1. The van der Waals surface area contributed by atoms with Gasteiger partial charge in [0.05, 0.1) is 20.0 Å². The number of nitrogens with two attached hydrogens (primary N) is 1. The maximum absolute atomic E-state index is 6.01. The van der Waals surface area contributed by atoms with Gasteiger partial charge in [-0.25, -0.2) is 4.98 Å². The molecule has 1 aromatic carbocycles. The second-order valence-corrected chi connectivity index (χ2v) is 4.74. The van der Waals surface area contributed by atoms with Gasteiger partial charge in [0.2, 0.25) is 0 Å². The van der Waals surface area contributed by atoms with Gasteiger partial charge in [-0.05, 0) is 12.5 Å². The van der Waals surface area contributed by atoms with Crippen molar-refractivity contribution in [3.63, 3.8) is 0 Å². The van der Waals surface area contributed by atoms with E-state index in [1.807, 2.05) is 10.8 Å². The topological polar surface area (TPSA) is 62.3 Å². The van der Waals surface area contributed by atoms with Crippen LogP contribution < -0.4 is 15.2 Å². The molecule has 0 spiro atoms. The minimum atomic E-state index is 0.355. The molecule has 108 valence electrons. The fraction of sp³-hybridized carbons (Fsp3) is 0.357. The molecular weight excluding hydrogens is 278 g/mol. The molecule has 0 saturated heterocycles. The summed E-state index contributed by atoms with van der Waals surface area (Å²) in [7, 11) is 1.59. The minimum absolute atomic E-state index is 0.355. The Morgan fingerprint density at radius 2 is 2.25 bits per heavy atom. The lowest BCUT2D eigenvalue weighted by Crippen LogP contribution is -2.07. The fourth-order valence-corrected chi connectivity index (χ4v) is 2.16. The van der Waals surface area contributed by atoms with Crippen LogP contribution in [0.25, 0.3) is 0 Å². The standard InChI is InChI=1S/C14H18ClN3O2/c1-19-13-8-12(15)7-11(9-16)14(13)20-6-2-4-18-5-3-17-10-18/h3,5,7-8,10H,2,4,6,9,16H2,1H3. The van der Waals surface area contributed by atoms with E-state index in [2.05, 4.69) is 4.98 Å². The molecule has 0 bridgehead atoms. The maximum atomic E-state index is 6.01. The molecule has 6 heteroatoms. The SMILES string of the molecule is COc1cc(Cl)cc(CN)c1OCCCn1ccnc1. The van der Waals surface area contributed by atoms with E-state index in [1.54, 1.807) is 31.8 Å². The predicted molar refractivity (Wildman–Crippen MR) is 78.2 cm³/mol. The van der Waals surface area contributed by atoms with Crippen molar-refractivity contribution in [1.82, 2.24) is 9.55 Å². The third-order valence-electron chi connectivity index (χ3n) is 2.90. The van der Waals surface area contributed by atoms with E-state index in [0.717, 1.165) is 18.5 Å². The monoisotopic (exact) mass is 295 g/mol. The first-order valence-corrected chi connectivity index (χ1v) is 6.77. The smallest absolute Gasteiger partial charge is 0.165 e. The number of methoxy groups -OCH3 is 1. The van der Waals surface area contributed by atoms with Crippen LogP contribution in [0.1, 0.15) is 12.0 Å². The molecule has 0 aliphatic heterocycles. The quantitative estimate of drug-likeness (QED) is 0.797. The summed E-state index contributed by atoms with van der Waals surface area (Å²) in [5.41, 5.74) is 6.56. The number of hydrogen-bond donors (Lipinski definition) is 1. The Morgan fingerprint density at radius 1 is 1.40 bits per heavy atom. The van der Waals surface area contributed by atoms with Crippen LogP contribution in [0, 0.1) is 0 Å². The molecule has 20 heavy (non-hydrogen) atoms. The Bertz CT molecular complexity index is 518. The molecular formula is C14H18ClN3O2. The van der Waals surface area contributed by atoms with Crippen LogP contribution in [0.4, 0.5) is 0 Å². The molecule has 0 atom stereocenters. The lowest BCUT2D eigenvalue weighted by Gasteiger charge is -2.15. The van der Waals surface area contributed by atoms with Gasteiger partial charge in [0.25, 0.3) is 0 Å². The molecule has 2 N–H and O–H groups in total. The van der Waals surface area contributed by atoms with Crippen molar-refractivity contribution in [3.8, 4) is 11.5 Å². The predicted octanol–water partition coefficient (Wildman–Crippen LogP) is 2.47. The molecule has 1 aromatic heterocycles. The zero-order valence-electron chi connectivity index (χ0n) is 11.4. The molecule has 0 radical (unpaired) electrons. The van der Waals surface area contributed by atoms with Gasteiger partial charge in [-0.2, -0.15) is 0 Å². The van der Waals surface area contributed by atoms with Crippen molar-refractivity contribution in [1.29, 1.82) is 0 Å². The van der Waals surface area contributed by atoms with Crippen LogP contribution in [0.15, 0.2) is 30.9 Å². The van der Waals surface area contributed by atoms with Crippen LogP contribution in [0.5, 0.6) is 11.5 Å². The first-order chi connectivity index (χ1) is 9.74.